The van der Waals surface area contributed by atoms with Gasteiger partial charge in [-0.05, 0) is 25.5 Å². The Morgan fingerprint density at radius 2 is 2.05 bits per heavy atom. The van der Waals surface area contributed by atoms with Gasteiger partial charge in [-0.3, -0.25) is 0 Å². The first kappa shape index (κ1) is 15.5. The van der Waals surface area contributed by atoms with Crippen LogP contribution in [0.15, 0.2) is 6.07 Å². The van der Waals surface area contributed by atoms with Gasteiger partial charge in [-0.25, -0.2) is 9.59 Å². The fourth-order valence-electron chi connectivity index (χ4n) is 1.41. The Balaban J connectivity index is 2.23. The summed E-state index contributed by atoms with van der Waals surface area (Å²) in [6.45, 7) is 4.59. The van der Waals surface area contributed by atoms with Gasteiger partial charge in [-0.1, -0.05) is 0 Å². The highest BCUT2D eigenvalue weighted by molar-refractivity contribution is 7.12. The van der Waals surface area contributed by atoms with Gasteiger partial charge in [0.25, 0.3) is 0 Å². The molecule has 106 valence electrons. The number of urea groups is 1. The highest BCUT2D eigenvalue weighted by Gasteiger charge is 2.12. The van der Waals surface area contributed by atoms with Gasteiger partial charge in [0.1, 0.15) is 0 Å². The Hall–Kier alpha value is -1.60. The van der Waals surface area contributed by atoms with Gasteiger partial charge < -0.3 is 20.8 Å². The molecule has 0 aromatic carbocycles. The largest absolute Gasteiger partial charge is 0.479 e. The standard InChI is InChI=1S/C12H18N2O4S/c1-7-5-9(19-8(7)2)6-14-12(18)13-4-3-10(15)11(16)17/h5,10,15H,3-4,6H2,1-2H3,(H,16,17)(H2,13,14,18)/t10-/m0/s1. The molecule has 0 unspecified atom stereocenters. The van der Waals surface area contributed by atoms with Crippen LogP contribution in [0.3, 0.4) is 0 Å². The third-order valence-electron chi connectivity index (χ3n) is 2.63. The van der Waals surface area contributed by atoms with Crippen LogP contribution in [0, 0.1) is 13.8 Å². The lowest BCUT2D eigenvalue weighted by Crippen LogP contribution is -2.37. The number of hydrogen-bond donors (Lipinski definition) is 4. The molecule has 0 aliphatic carbocycles. The minimum absolute atomic E-state index is 0.0139. The number of hydrogen-bond acceptors (Lipinski definition) is 4. The number of carboxylic acid groups (broad SMARTS) is 1. The normalized spacial score (nSPS) is 11.9. The maximum absolute atomic E-state index is 11.4. The monoisotopic (exact) mass is 286 g/mol. The molecule has 0 saturated heterocycles. The van der Waals surface area contributed by atoms with E-state index in [1.807, 2.05) is 19.9 Å². The summed E-state index contributed by atoms with van der Waals surface area (Å²) < 4.78 is 0. The van der Waals surface area contributed by atoms with Crippen molar-refractivity contribution in [2.24, 2.45) is 0 Å². The molecule has 0 spiro atoms. The van der Waals surface area contributed by atoms with E-state index in [1.54, 1.807) is 11.3 Å². The van der Waals surface area contributed by atoms with Crippen LogP contribution < -0.4 is 10.6 Å². The third kappa shape index (κ3) is 5.27. The molecule has 6 nitrogen and oxygen atoms in total. The zero-order valence-corrected chi connectivity index (χ0v) is 11.7. The molecule has 1 atom stereocenters. The first-order valence-corrected chi connectivity index (χ1v) is 6.70. The molecular formula is C12H18N2O4S. The second kappa shape index (κ2) is 7.10. The van der Waals surface area contributed by atoms with Crippen LogP contribution in [0.2, 0.25) is 0 Å². The van der Waals surface area contributed by atoms with Crippen molar-refractivity contribution >= 4 is 23.3 Å². The summed E-state index contributed by atoms with van der Waals surface area (Å²) in [5.74, 6) is -1.29. The van der Waals surface area contributed by atoms with Crippen molar-refractivity contribution < 1.29 is 19.8 Å². The predicted molar refractivity (Wildman–Crippen MR) is 72.3 cm³/mol. The quantitative estimate of drug-likeness (QED) is 0.627. The molecule has 1 heterocycles. The molecule has 0 saturated carbocycles. The molecular weight excluding hydrogens is 268 g/mol. The van der Waals surface area contributed by atoms with E-state index < -0.39 is 12.1 Å². The summed E-state index contributed by atoms with van der Waals surface area (Å²) >= 11 is 1.63. The van der Waals surface area contributed by atoms with Gasteiger partial charge in [0, 0.05) is 22.7 Å². The van der Waals surface area contributed by atoms with Crippen LogP contribution in [0.25, 0.3) is 0 Å². The number of aryl methyl sites for hydroxylation is 2. The van der Waals surface area contributed by atoms with E-state index in [0.717, 1.165) is 4.88 Å². The van der Waals surface area contributed by atoms with Gasteiger partial charge in [-0.15, -0.1) is 11.3 Å². The lowest BCUT2D eigenvalue weighted by atomic mass is 10.2. The van der Waals surface area contributed by atoms with Gasteiger partial charge in [0.05, 0.1) is 6.54 Å². The summed E-state index contributed by atoms with van der Waals surface area (Å²) in [7, 11) is 0. The predicted octanol–water partition coefficient (Wildman–Crippen LogP) is 1.000. The van der Waals surface area contributed by atoms with Gasteiger partial charge in [-0.2, -0.15) is 0 Å². The number of thiophene rings is 1. The minimum Gasteiger partial charge on any atom is -0.479 e. The molecule has 4 N–H and O–H groups in total. The molecule has 0 radical (unpaired) electrons. The van der Waals surface area contributed by atoms with E-state index in [4.69, 9.17) is 10.2 Å². The molecule has 0 fully saturated rings. The van der Waals surface area contributed by atoms with Crippen molar-refractivity contribution in [3.05, 3.63) is 21.4 Å². The Bertz CT molecular complexity index is 439. The molecule has 1 aromatic rings. The smallest absolute Gasteiger partial charge is 0.332 e. The van der Waals surface area contributed by atoms with E-state index >= 15 is 0 Å². The Kier molecular flexibility index (Phi) is 5.78. The molecule has 7 heteroatoms. The molecule has 0 aliphatic heterocycles. The third-order valence-corrected chi connectivity index (χ3v) is 3.78. The molecule has 19 heavy (non-hydrogen) atoms. The molecule has 1 aromatic heterocycles. The lowest BCUT2D eigenvalue weighted by Gasteiger charge is -2.08. The Labute approximate surface area is 115 Å². The van der Waals surface area contributed by atoms with Crippen molar-refractivity contribution in [2.45, 2.75) is 32.9 Å². The van der Waals surface area contributed by atoms with Gasteiger partial charge in [0.15, 0.2) is 6.10 Å². The van der Waals surface area contributed by atoms with E-state index in [2.05, 4.69) is 10.6 Å². The van der Waals surface area contributed by atoms with E-state index in [0.29, 0.717) is 6.54 Å². The number of aliphatic hydroxyl groups is 1. The summed E-state index contributed by atoms with van der Waals surface area (Å²) in [6.07, 6.45) is -1.46. The number of nitrogens with one attached hydrogen (secondary N) is 2. The maximum Gasteiger partial charge on any atom is 0.332 e. The second-order valence-corrected chi connectivity index (χ2v) is 5.54. The molecule has 1 rings (SSSR count). The van der Waals surface area contributed by atoms with E-state index in [1.165, 1.54) is 10.4 Å². The SMILES string of the molecule is Cc1cc(CNC(=O)NCC[C@H](O)C(=O)O)sc1C. The summed E-state index contributed by atoms with van der Waals surface area (Å²) in [5.41, 5.74) is 1.20. The first-order chi connectivity index (χ1) is 8.90. The number of aliphatic carboxylic acids is 1. The number of amides is 2. The van der Waals surface area contributed by atoms with Gasteiger partial charge >= 0.3 is 12.0 Å². The Morgan fingerprint density at radius 1 is 1.37 bits per heavy atom. The summed E-state index contributed by atoms with van der Waals surface area (Å²) in [6, 6.07) is 1.65. The highest BCUT2D eigenvalue weighted by atomic mass is 32.1. The lowest BCUT2D eigenvalue weighted by molar-refractivity contribution is -0.146. The maximum atomic E-state index is 11.4. The van der Waals surface area contributed by atoms with Crippen molar-refractivity contribution in [3.8, 4) is 0 Å². The number of carbonyl (C=O) groups excluding carboxylic acids is 1. The number of carbonyl (C=O) groups is 2. The molecule has 0 aliphatic rings. The topological polar surface area (TPSA) is 98.7 Å². The zero-order chi connectivity index (χ0) is 14.4. The first-order valence-electron chi connectivity index (χ1n) is 5.88. The average Bonchev–Trinajstić information content (AvgIpc) is 2.66. The van der Waals surface area contributed by atoms with E-state index in [9.17, 15) is 9.59 Å². The summed E-state index contributed by atoms with van der Waals surface area (Å²) in [4.78, 5) is 24.0. The van der Waals surface area contributed by atoms with Crippen LogP contribution in [-0.2, 0) is 11.3 Å². The van der Waals surface area contributed by atoms with Crippen LogP contribution in [0.1, 0.15) is 21.7 Å². The second-order valence-electron chi connectivity index (χ2n) is 4.20. The number of carboxylic acids is 1. The van der Waals surface area contributed by atoms with Crippen molar-refractivity contribution in [2.75, 3.05) is 6.54 Å². The van der Waals surface area contributed by atoms with Crippen molar-refractivity contribution in [1.29, 1.82) is 0 Å². The molecule has 0 bridgehead atoms. The minimum atomic E-state index is -1.44. The van der Waals surface area contributed by atoms with Crippen molar-refractivity contribution in [3.63, 3.8) is 0 Å². The van der Waals surface area contributed by atoms with Crippen LogP contribution in [0.4, 0.5) is 4.79 Å². The number of rotatable bonds is 6. The van der Waals surface area contributed by atoms with Crippen LogP contribution in [0.5, 0.6) is 0 Å². The van der Waals surface area contributed by atoms with Gasteiger partial charge in [0.2, 0.25) is 0 Å². The van der Waals surface area contributed by atoms with Crippen molar-refractivity contribution in [1.82, 2.24) is 10.6 Å². The van der Waals surface area contributed by atoms with Crippen LogP contribution in [-0.4, -0.2) is 34.9 Å². The van der Waals surface area contributed by atoms with Crippen LogP contribution >= 0.6 is 11.3 Å². The van der Waals surface area contributed by atoms with E-state index in [-0.39, 0.29) is 19.0 Å². The highest BCUT2D eigenvalue weighted by Crippen LogP contribution is 2.20. The number of aliphatic hydroxyl groups excluding tert-OH is 1. The summed E-state index contributed by atoms with van der Waals surface area (Å²) in [5, 5.41) is 22.6. The molecule has 2 amide bonds. The zero-order valence-electron chi connectivity index (χ0n) is 10.9. The Morgan fingerprint density at radius 3 is 2.58 bits per heavy atom. The fourth-order valence-corrected chi connectivity index (χ4v) is 2.41. The average molecular weight is 286 g/mol. The fraction of sp³-hybridized carbons (Fsp3) is 0.500.